The first-order chi connectivity index (χ1) is 29.7. The van der Waals surface area contributed by atoms with Crippen molar-refractivity contribution < 1.29 is 0 Å². The summed E-state index contributed by atoms with van der Waals surface area (Å²) in [6, 6.07) is 68.3. The van der Waals surface area contributed by atoms with Gasteiger partial charge in [0.15, 0.2) is 29.1 Å². The van der Waals surface area contributed by atoms with Crippen molar-refractivity contribution in [2.24, 2.45) is 0 Å². The average Bonchev–Trinajstić information content (AvgIpc) is 3.35. The maximum atomic E-state index is 5.15. The first-order valence-corrected chi connectivity index (χ1v) is 20.1. The maximum Gasteiger partial charge on any atom is 0.164 e. The van der Waals surface area contributed by atoms with Gasteiger partial charge in [0.05, 0.1) is 0 Å². The molecule has 0 amide bonds. The summed E-state index contributed by atoms with van der Waals surface area (Å²) in [4.78, 5) is 30.2. The van der Waals surface area contributed by atoms with Crippen molar-refractivity contribution in [3.8, 4) is 68.1 Å². The van der Waals surface area contributed by atoms with E-state index < -0.39 is 0 Å². The van der Waals surface area contributed by atoms with Crippen LogP contribution in [0.1, 0.15) is 29.3 Å². The molecular weight excluding hydrogens is 733 g/mol. The average molecular weight is 771 g/mol. The molecule has 6 heteroatoms. The molecule has 10 rings (SSSR count). The lowest BCUT2D eigenvalue weighted by Crippen LogP contribution is -2.10. The highest BCUT2D eigenvalue weighted by Gasteiger charge is 2.24. The van der Waals surface area contributed by atoms with Crippen molar-refractivity contribution in [3.05, 3.63) is 229 Å². The molecule has 0 radical (unpaired) electrons. The summed E-state index contributed by atoms with van der Waals surface area (Å²) in [7, 11) is 0. The van der Waals surface area contributed by atoms with E-state index in [-0.39, 0.29) is 5.92 Å². The van der Waals surface area contributed by atoms with Crippen LogP contribution in [0.5, 0.6) is 0 Å². The molecule has 0 bridgehead atoms. The van der Waals surface area contributed by atoms with Gasteiger partial charge in [-0.2, -0.15) is 0 Å². The first kappa shape index (κ1) is 36.4. The first-order valence-electron chi connectivity index (χ1n) is 20.1. The van der Waals surface area contributed by atoms with Crippen LogP contribution in [0.4, 0.5) is 0 Å². The third-order valence-electron chi connectivity index (χ3n) is 10.7. The van der Waals surface area contributed by atoms with Gasteiger partial charge in [-0.15, -0.1) is 0 Å². The summed E-state index contributed by atoms with van der Waals surface area (Å²) in [5.74, 6) is 3.87. The number of benzene rings is 7. The lowest BCUT2D eigenvalue weighted by Gasteiger charge is -2.23. The van der Waals surface area contributed by atoms with E-state index in [1.54, 1.807) is 0 Å². The molecule has 1 aliphatic rings. The molecular formula is C54H38N6. The van der Waals surface area contributed by atoms with Crippen LogP contribution in [0.25, 0.3) is 79.2 Å². The number of aromatic nitrogens is 6. The van der Waals surface area contributed by atoms with Gasteiger partial charge in [-0.05, 0) is 52.0 Å². The molecule has 1 unspecified atom stereocenters. The number of allylic oxidation sites excluding steroid dienone is 4. The fourth-order valence-electron chi connectivity index (χ4n) is 7.65. The van der Waals surface area contributed by atoms with Crippen LogP contribution in [0.15, 0.2) is 212 Å². The Morgan fingerprint density at radius 2 is 0.633 bits per heavy atom. The van der Waals surface area contributed by atoms with E-state index in [9.17, 15) is 0 Å². The van der Waals surface area contributed by atoms with E-state index in [0.717, 1.165) is 67.9 Å². The van der Waals surface area contributed by atoms with E-state index in [4.69, 9.17) is 29.9 Å². The van der Waals surface area contributed by atoms with Gasteiger partial charge < -0.3 is 0 Å². The summed E-state index contributed by atoms with van der Waals surface area (Å²) in [5, 5.41) is 0. The van der Waals surface area contributed by atoms with Crippen molar-refractivity contribution in [3.63, 3.8) is 0 Å². The van der Waals surface area contributed by atoms with Gasteiger partial charge in [-0.3, -0.25) is 0 Å². The van der Waals surface area contributed by atoms with Gasteiger partial charge in [0, 0.05) is 33.7 Å². The van der Waals surface area contributed by atoms with Crippen LogP contribution < -0.4 is 0 Å². The van der Waals surface area contributed by atoms with Gasteiger partial charge in [-0.25, -0.2) is 29.9 Å². The Hall–Kier alpha value is -7.96. The summed E-state index contributed by atoms with van der Waals surface area (Å²) < 4.78 is 0. The molecule has 0 N–H and O–H groups in total. The summed E-state index contributed by atoms with van der Waals surface area (Å²) in [6.07, 6.45) is 5.36. The topological polar surface area (TPSA) is 77.3 Å². The van der Waals surface area contributed by atoms with Crippen molar-refractivity contribution in [1.29, 1.82) is 0 Å². The maximum absolute atomic E-state index is 5.15. The third-order valence-corrected chi connectivity index (χ3v) is 10.7. The van der Waals surface area contributed by atoms with Crippen LogP contribution in [-0.4, -0.2) is 29.9 Å². The van der Waals surface area contributed by atoms with Crippen molar-refractivity contribution in [1.82, 2.24) is 29.9 Å². The molecule has 0 spiro atoms. The minimum atomic E-state index is -0.0958. The molecule has 0 saturated carbocycles. The molecule has 0 fully saturated rings. The van der Waals surface area contributed by atoms with E-state index in [0.29, 0.717) is 29.1 Å². The lowest BCUT2D eigenvalue weighted by atomic mass is 9.83. The predicted octanol–water partition coefficient (Wildman–Crippen LogP) is 12.7. The molecule has 0 saturated heterocycles. The molecule has 2 aromatic heterocycles. The fraction of sp³-hybridized carbons (Fsp3) is 0.0370. The Labute approximate surface area is 349 Å². The van der Waals surface area contributed by atoms with Gasteiger partial charge >= 0.3 is 0 Å². The van der Waals surface area contributed by atoms with Gasteiger partial charge in [0.1, 0.15) is 5.82 Å². The van der Waals surface area contributed by atoms with Crippen molar-refractivity contribution in [2.45, 2.75) is 12.3 Å². The Balaban J connectivity index is 1.03. The monoisotopic (exact) mass is 770 g/mol. The van der Waals surface area contributed by atoms with Crippen molar-refractivity contribution >= 4 is 11.1 Å². The second-order valence-electron chi connectivity index (χ2n) is 14.7. The minimum Gasteiger partial charge on any atom is -0.212 e. The molecule has 284 valence electrons. The Bertz CT molecular complexity index is 2870. The van der Waals surface area contributed by atoms with Crippen LogP contribution in [-0.2, 0) is 0 Å². The Kier molecular flexibility index (Phi) is 10.00. The second-order valence-corrected chi connectivity index (χ2v) is 14.7. The lowest BCUT2D eigenvalue weighted by molar-refractivity contribution is 0.775. The zero-order chi connectivity index (χ0) is 40.1. The Morgan fingerprint density at radius 1 is 0.300 bits per heavy atom. The molecule has 2 heterocycles. The van der Waals surface area contributed by atoms with Crippen molar-refractivity contribution in [2.75, 3.05) is 0 Å². The zero-order valence-corrected chi connectivity index (χ0v) is 32.7. The number of nitrogens with zero attached hydrogens (tertiary/aromatic N) is 6. The summed E-state index contributed by atoms with van der Waals surface area (Å²) in [5.41, 5.74) is 11.5. The summed E-state index contributed by atoms with van der Waals surface area (Å²) in [6.45, 7) is 0. The highest BCUT2D eigenvalue weighted by atomic mass is 15.0. The molecule has 1 aliphatic carbocycles. The number of hydrogen-bond donors (Lipinski definition) is 0. The molecule has 6 nitrogen and oxygen atoms in total. The second kappa shape index (κ2) is 16.5. The van der Waals surface area contributed by atoms with Crippen LogP contribution >= 0.6 is 0 Å². The third kappa shape index (κ3) is 7.82. The van der Waals surface area contributed by atoms with E-state index in [1.807, 2.05) is 97.1 Å². The van der Waals surface area contributed by atoms with Crippen LogP contribution in [0, 0.1) is 0 Å². The molecule has 60 heavy (non-hydrogen) atoms. The molecule has 7 aromatic carbocycles. The summed E-state index contributed by atoms with van der Waals surface area (Å²) >= 11 is 0. The quantitative estimate of drug-likeness (QED) is 0.145. The van der Waals surface area contributed by atoms with Crippen LogP contribution in [0.3, 0.4) is 0 Å². The van der Waals surface area contributed by atoms with Gasteiger partial charge in [0.25, 0.3) is 0 Å². The zero-order valence-electron chi connectivity index (χ0n) is 32.7. The number of rotatable bonds is 9. The highest BCUT2D eigenvalue weighted by Crippen LogP contribution is 2.40. The predicted molar refractivity (Wildman–Crippen MR) is 242 cm³/mol. The van der Waals surface area contributed by atoms with Crippen LogP contribution in [0.2, 0.25) is 0 Å². The van der Waals surface area contributed by atoms with Gasteiger partial charge in [0.2, 0.25) is 0 Å². The Morgan fingerprint density at radius 3 is 1.08 bits per heavy atom. The highest BCUT2D eigenvalue weighted by molar-refractivity contribution is 5.88. The smallest absolute Gasteiger partial charge is 0.164 e. The largest absolute Gasteiger partial charge is 0.212 e. The standard InChI is InChI=1S/C54H38N6/c1-6-18-37(19-7-1)46-34-47(36-48(35-46)54-59-51(40-24-12-4-13-25-40)56-52(60-54)41-26-14-5-15-27-41)44-30-16-28-42(32-44)43-29-17-31-45(33-43)53-57-49(38-20-8-2-9-21-38)55-50(58-53)39-22-10-3-11-23-39/h1-35,48H,36H2. The molecule has 1 atom stereocenters. The van der Waals surface area contributed by atoms with E-state index >= 15 is 0 Å². The molecule has 0 aliphatic heterocycles. The van der Waals surface area contributed by atoms with E-state index in [1.165, 1.54) is 5.57 Å². The van der Waals surface area contributed by atoms with E-state index in [2.05, 4.69) is 115 Å². The fourth-order valence-corrected chi connectivity index (χ4v) is 7.65. The SMILES string of the molecule is C1=C(c2ccccc2)C=C(c2cccc(-c3cccc(-c4nc(-c5ccccc5)nc(-c5ccccc5)n4)c3)c2)CC1c1nc(-c2ccccc2)nc(-c2ccccc2)n1. The molecule has 9 aromatic rings. The van der Waals surface area contributed by atoms with Gasteiger partial charge in [-0.1, -0.05) is 200 Å². The normalized spacial score (nSPS) is 13.6. The number of hydrogen-bond acceptors (Lipinski definition) is 6. The minimum absolute atomic E-state index is 0.0958.